The SMILES string of the molecule is CCCCCCC/C=C/CC/C=C/CC/C=C/C(O)C(CO)NC(=O)CCCCCCCCCC. The topological polar surface area (TPSA) is 69.6 Å². The number of aliphatic hydroxyl groups is 2. The van der Waals surface area contributed by atoms with Gasteiger partial charge in [-0.2, -0.15) is 0 Å². The van der Waals surface area contributed by atoms with Gasteiger partial charge in [0.25, 0.3) is 0 Å². The second kappa shape index (κ2) is 27.2. The van der Waals surface area contributed by atoms with Crippen molar-refractivity contribution in [2.24, 2.45) is 0 Å². The summed E-state index contributed by atoms with van der Waals surface area (Å²) in [4.78, 5) is 12.1. The lowest BCUT2D eigenvalue weighted by molar-refractivity contribution is -0.123. The van der Waals surface area contributed by atoms with Gasteiger partial charge in [-0.05, 0) is 44.9 Å². The molecule has 0 aliphatic rings. The third-order valence-electron chi connectivity index (χ3n) is 6.35. The van der Waals surface area contributed by atoms with Crippen molar-refractivity contribution in [2.75, 3.05) is 6.61 Å². The van der Waals surface area contributed by atoms with Crippen LogP contribution in [0.4, 0.5) is 0 Å². The van der Waals surface area contributed by atoms with E-state index in [9.17, 15) is 15.0 Å². The number of unbranched alkanes of at least 4 members (excludes halogenated alkanes) is 14. The maximum atomic E-state index is 12.1. The minimum Gasteiger partial charge on any atom is -0.394 e. The molecule has 0 saturated carbocycles. The van der Waals surface area contributed by atoms with Gasteiger partial charge in [0.2, 0.25) is 5.91 Å². The molecule has 0 aliphatic heterocycles. The molecule has 0 saturated heterocycles. The van der Waals surface area contributed by atoms with E-state index < -0.39 is 12.1 Å². The minimum atomic E-state index is -0.862. The minimum absolute atomic E-state index is 0.0871. The molecule has 3 N–H and O–H groups in total. The summed E-state index contributed by atoms with van der Waals surface area (Å²) in [5, 5.41) is 22.6. The third-order valence-corrected chi connectivity index (χ3v) is 6.35. The highest BCUT2D eigenvalue weighted by molar-refractivity contribution is 5.76. The van der Waals surface area contributed by atoms with Crippen molar-refractivity contribution in [3.05, 3.63) is 36.5 Å². The van der Waals surface area contributed by atoms with Gasteiger partial charge in [0.05, 0.1) is 18.8 Å². The first-order valence-corrected chi connectivity index (χ1v) is 14.7. The number of carbonyl (C=O) groups is 1. The van der Waals surface area contributed by atoms with Crippen molar-refractivity contribution >= 4 is 5.91 Å². The molecule has 35 heavy (non-hydrogen) atoms. The van der Waals surface area contributed by atoms with Crippen LogP contribution < -0.4 is 5.32 Å². The van der Waals surface area contributed by atoms with Crippen molar-refractivity contribution in [1.82, 2.24) is 5.32 Å². The molecule has 204 valence electrons. The van der Waals surface area contributed by atoms with Crippen LogP contribution in [0.1, 0.15) is 136 Å². The first-order valence-electron chi connectivity index (χ1n) is 14.7. The van der Waals surface area contributed by atoms with E-state index in [0.717, 1.165) is 38.5 Å². The predicted octanol–water partition coefficient (Wildman–Crippen LogP) is 7.94. The second-order valence-corrected chi connectivity index (χ2v) is 9.80. The summed E-state index contributed by atoms with van der Waals surface area (Å²) in [6.07, 6.45) is 33.6. The van der Waals surface area contributed by atoms with E-state index in [0.29, 0.717) is 6.42 Å². The highest BCUT2D eigenvalue weighted by atomic mass is 16.3. The average molecular weight is 492 g/mol. The Morgan fingerprint density at radius 1 is 0.657 bits per heavy atom. The van der Waals surface area contributed by atoms with Crippen LogP contribution in [-0.2, 0) is 4.79 Å². The molecule has 0 aromatic carbocycles. The maximum Gasteiger partial charge on any atom is 0.220 e. The lowest BCUT2D eigenvalue weighted by atomic mass is 10.1. The molecule has 4 nitrogen and oxygen atoms in total. The molecule has 0 aliphatic carbocycles. The number of nitrogens with one attached hydrogen (secondary N) is 1. The van der Waals surface area contributed by atoms with Crippen LogP contribution in [0.25, 0.3) is 0 Å². The standard InChI is InChI=1S/C31H57NO3/c1-3-5-7-9-11-13-14-15-16-17-18-19-20-22-24-26-30(34)29(28-33)32-31(35)27-25-23-21-12-10-8-6-4-2/h14-15,18-19,24,26,29-30,33-34H,3-13,16-17,20-23,25,27-28H2,1-2H3,(H,32,35)/b15-14+,19-18+,26-24+. The van der Waals surface area contributed by atoms with Gasteiger partial charge in [0, 0.05) is 6.42 Å². The smallest absolute Gasteiger partial charge is 0.220 e. The number of amides is 1. The Hall–Kier alpha value is -1.39. The highest BCUT2D eigenvalue weighted by Crippen LogP contribution is 2.10. The maximum absolute atomic E-state index is 12.1. The summed E-state index contributed by atoms with van der Waals surface area (Å²) < 4.78 is 0. The van der Waals surface area contributed by atoms with E-state index in [1.807, 2.05) is 6.08 Å². The van der Waals surface area contributed by atoms with Gasteiger partial charge in [0.15, 0.2) is 0 Å². The number of allylic oxidation sites excluding steroid dienone is 5. The fourth-order valence-electron chi connectivity index (χ4n) is 4.03. The molecular formula is C31H57NO3. The summed E-state index contributed by atoms with van der Waals surface area (Å²) in [7, 11) is 0. The Morgan fingerprint density at radius 3 is 1.66 bits per heavy atom. The van der Waals surface area contributed by atoms with Crippen molar-refractivity contribution in [3.8, 4) is 0 Å². The molecule has 0 radical (unpaired) electrons. The quantitative estimate of drug-likeness (QED) is 0.0896. The zero-order chi connectivity index (χ0) is 25.8. The van der Waals surface area contributed by atoms with Gasteiger partial charge in [-0.25, -0.2) is 0 Å². The highest BCUT2D eigenvalue weighted by Gasteiger charge is 2.17. The summed E-state index contributed by atoms with van der Waals surface area (Å²) in [6, 6.07) is -0.637. The number of aliphatic hydroxyl groups excluding tert-OH is 2. The Balaban J connectivity index is 3.80. The first kappa shape index (κ1) is 33.6. The largest absolute Gasteiger partial charge is 0.394 e. The zero-order valence-electron chi connectivity index (χ0n) is 23.1. The molecule has 2 atom stereocenters. The number of hydrogen-bond donors (Lipinski definition) is 3. The van der Waals surface area contributed by atoms with Crippen LogP contribution in [0.3, 0.4) is 0 Å². The summed E-state index contributed by atoms with van der Waals surface area (Å²) in [6.45, 7) is 4.21. The molecule has 0 fully saturated rings. The molecule has 2 unspecified atom stereocenters. The van der Waals surface area contributed by atoms with Gasteiger partial charge >= 0.3 is 0 Å². The van der Waals surface area contributed by atoms with E-state index >= 15 is 0 Å². The van der Waals surface area contributed by atoms with Crippen LogP contribution in [0.5, 0.6) is 0 Å². The molecule has 0 aromatic rings. The second-order valence-electron chi connectivity index (χ2n) is 9.80. The van der Waals surface area contributed by atoms with Crippen molar-refractivity contribution < 1.29 is 15.0 Å². The first-order chi connectivity index (χ1) is 17.2. The molecule has 0 bridgehead atoms. The van der Waals surface area contributed by atoms with Gasteiger partial charge in [-0.1, -0.05) is 121 Å². The normalized spacial score (nSPS) is 13.8. The van der Waals surface area contributed by atoms with Crippen molar-refractivity contribution in [3.63, 3.8) is 0 Å². The summed E-state index contributed by atoms with van der Waals surface area (Å²) in [5.41, 5.74) is 0. The summed E-state index contributed by atoms with van der Waals surface area (Å²) >= 11 is 0. The van der Waals surface area contributed by atoms with Crippen LogP contribution in [0, 0.1) is 0 Å². The monoisotopic (exact) mass is 491 g/mol. The van der Waals surface area contributed by atoms with E-state index in [1.54, 1.807) is 6.08 Å². The number of rotatable bonds is 25. The number of hydrogen-bond acceptors (Lipinski definition) is 3. The van der Waals surface area contributed by atoms with Gasteiger partial charge in [-0.15, -0.1) is 0 Å². The van der Waals surface area contributed by atoms with E-state index in [1.165, 1.54) is 77.0 Å². The van der Waals surface area contributed by atoms with Crippen LogP contribution in [0.15, 0.2) is 36.5 Å². The molecular weight excluding hydrogens is 434 g/mol. The molecule has 0 spiro atoms. The van der Waals surface area contributed by atoms with Gasteiger partial charge < -0.3 is 15.5 Å². The van der Waals surface area contributed by atoms with Crippen LogP contribution in [0.2, 0.25) is 0 Å². The van der Waals surface area contributed by atoms with Crippen LogP contribution in [-0.4, -0.2) is 34.9 Å². The Labute approximate surface area is 217 Å². The third kappa shape index (κ3) is 24.1. The molecule has 0 aromatic heterocycles. The average Bonchev–Trinajstić information content (AvgIpc) is 2.86. The number of carbonyl (C=O) groups excluding carboxylic acids is 1. The van der Waals surface area contributed by atoms with E-state index in [-0.39, 0.29) is 12.5 Å². The Morgan fingerprint density at radius 2 is 1.11 bits per heavy atom. The lowest BCUT2D eigenvalue weighted by Crippen LogP contribution is -2.45. The Bertz CT molecular complexity index is 541. The Kier molecular flexibility index (Phi) is 26.1. The molecule has 4 heteroatoms. The van der Waals surface area contributed by atoms with Gasteiger partial charge in [-0.3, -0.25) is 4.79 Å². The zero-order valence-corrected chi connectivity index (χ0v) is 23.1. The molecule has 0 heterocycles. The van der Waals surface area contributed by atoms with Crippen molar-refractivity contribution in [2.45, 2.75) is 148 Å². The van der Waals surface area contributed by atoms with Crippen LogP contribution >= 0.6 is 0 Å². The van der Waals surface area contributed by atoms with Gasteiger partial charge in [0.1, 0.15) is 0 Å². The molecule has 0 rings (SSSR count). The van der Waals surface area contributed by atoms with E-state index in [2.05, 4.69) is 43.5 Å². The predicted molar refractivity (Wildman–Crippen MR) is 152 cm³/mol. The fourth-order valence-corrected chi connectivity index (χ4v) is 4.03. The lowest BCUT2D eigenvalue weighted by Gasteiger charge is -2.19. The van der Waals surface area contributed by atoms with Crippen molar-refractivity contribution in [1.29, 1.82) is 0 Å². The van der Waals surface area contributed by atoms with E-state index in [4.69, 9.17) is 0 Å². The summed E-state index contributed by atoms with van der Waals surface area (Å²) in [5.74, 6) is -0.0871. The molecule has 1 amide bonds. The fraction of sp³-hybridized carbons (Fsp3) is 0.774.